The highest BCUT2D eigenvalue weighted by atomic mass is 19.1. The predicted molar refractivity (Wildman–Crippen MR) is 122 cm³/mol. The van der Waals surface area contributed by atoms with Gasteiger partial charge < -0.3 is 20.1 Å². The van der Waals surface area contributed by atoms with Crippen molar-refractivity contribution in [2.75, 3.05) is 18.4 Å². The van der Waals surface area contributed by atoms with Gasteiger partial charge in [0.2, 0.25) is 5.91 Å². The monoisotopic (exact) mass is 449 g/mol. The first-order chi connectivity index (χ1) is 16.0. The van der Waals surface area contributed by atoms with E-state index in [-0.39, 0.29) is 24.3 Å². The Morgan fingerprint density at radius 3 is 2.24 bits per heavy atom. The minimum Gasteiger partial charge on any atom is -0.465 e. The normalized spacial score (nSPS) is 17.9. The molecule has 3 N–H and O–H groups in total. The van der Waals surface area contributed by atoms with Crippen molar-refractivity contribution in [1.29, 1.82) is 0 Å². The van der Waals surface area contributed by atoms with Crippen LogP contribution in [0.25, 0.3) is 0 Å². The van der Waals surface area contributed by atoms with Crippen molar-refractivity contribution < 1.29 is 23.8 Å². The molecule has 1 saturated heterocycles. The second-order valence-electron chi connectivity index (χ2n) is 7.86. The molecular formula is C25H24FN3O4. The molecule has 1 aliphatic heterocycles. The van der Waals surface area contributed by atoms with Crippen LogP contribution < -0.4 is 15.4 Å². The maximum atomic E-state index is 13.0. The van der Waals surface area contributed by atoms with E-state index >= 15 is 0 Å². The molecule has 2 amide bonds. The lowest BCUT2D eigenvalue weighted by Gasteiger charge is -2.37. The van der Waals surface area contributed by atoms with E-state index in [1.807, 2.05) is 30.3 Å². The summed E-state index contributed by atoms with van der Waals surface area (Å²) in [5.41, 5.74) is 1.62. The lowest BCUT2D eigenvalue weighted by Crippen LogP contribution is -2.62. The number of piperazine rings is 1. The number of nitrogens with zero attached hydrogens (tertiary/aromatic N) is 1. The third-order valence-corrected chi connectivity index (χ3v) is 5.36. The molecule has 8 heteroatoms. The van der Waals surface area contributed by atoms with Crippen LogP contribution in [0.3, 0.4) is 0 Å². The molecular weight excluding hydrogens is 425 g/mol. The SMILES string of the molecule is O=C(Nc1ccc(Oc2ccc(F)cc2)cc1)C1CN(C(=O)O)CC(Cc2ccccc2)N1. The summed E-state index contributed by atoms with van der Waals surface area (Å²) in [5.74, 6) is 0.378. The van der Waals surface area contributed by atoms with Crippen LogP contribution in [0.1, 0.15) is 5.56 Å². The van der Waals surface area contributed by atoms with E-state index in [2.05, 4.69) is 10.6 Å². The van der Waals surface area contributed by atoms with Gasteiger partial charge in [0.15, 0.2) is 0 Å². The smallest absolute Gasteiger partial charge is 0.407 e. The Morgan fingerprint density at radius 2 is 1.61 bits per heavy atom. The average molecular weight is 449 g/mol. The number of benzene rings is 3. The molecule has 0 bridgehead atoms. The first kappa shape index (κ1) is 22.3. The fraction of sp³-hybridized carbons (Fsp3) is 0.200. The van der Waals surface area contributed by atoms with Gasteiger partial charge in [-0.2, -0.15) is 0 Å². The van der Waals surface area contributed by atoms with Gasteiger partial charge in [0, 0.05) is 24.8 Å². The fourth-order valence-electron chi connectivity index (χ4n) is 3.76. The maximum absolute atomic E-state index is 13.0. The van der Waals surface area contributed by atoms with Gasteiger partial charge in [-0.05, 0) is 60.5 Å². The zero-order chi connectivity index (χ0) is 23.2. The number of carbonyl (C=O) groups is 2. The second-order valence-corrected chi connectivity index (χ2v) is 7.86. The number of nitrogens with one attached hydrogen (secondary N) is 2. The van der Waals surface area contributed by atoms with Crippen LogP contribution in [0.15, 0.2) is 78.9 Å². The lowest BCUT2D eigenvalue weighted by atomic mass is 10.0. The topological polar surface area (TPSA) is 90.9 Å². The Morgan fingerprint density at radius 1 is 0.970 bits per heavy atom. The first-order valence-electron chi connectivity index (χ1n) is 10.6. The standard InChI is InChI=1S/C25H24FN3O4/c26-18-6-10-21(11-7-18)33-22-12-8-19(9-13-22)28-24(30)23-16-29(25(31)32)15-20(27-23)14-17-4-2-1-3-5-17/h1-13,20,23,27H,14-16H2,(H,28,30)(H,31,32). The second kappa shape index (κ2) is 10.1. The van der Waals surface area contributed by atoms with Gasteiger partial charge in [0.25, 0.3) is 0 Å². The highest BCUT2D eigenvalue weighted by molar-refractivity contribution is 5.95. The van der Waals surface area contributed by atoms with Crippen LogP contribution in [-0.4, -0.2) is 47.2 Å². The van der Waals surface area contributed by atoms with Gasteiger partial charge in [0.05, 0.1) is 0 Å². The summed E-state index contributed by atoms with van der Waals surface area (Å²) < 4.78 is 18.7. The number of anilines is 1. The van der Waals surface area contributed by atoms with Crippen molar-refractivity contribution >= 4 is 17.7 Å². The van der Waals surface area contributed by atoms with Crippen LogP contribution in [0, 0.1) is 5.82 Å². The van der Waals surface area contributed by atoms with Crippen molar-refractivity contribution in [2.24, 2.45) is 0 Å². The quantitative estimate of drug-likeness (QED) is 0.527. The predicted octanol–water partition coefficient (Wildman–Crippen LogP) is 4.12. The Balaban J connectivity index is 1.38. The summed E-state index contributed by atoms with van der Waals surface area (Å²) in [6, 6.07) is 21.3. The molecule has 3 aromatic carbocycles. The minimum atomic E-state index is -1.05. The number of carboxylic acid groups (broad SMARTS) is 1. The Labute approximate surface area is 190 Å². The molecule has 0 spiro atoms. The fourth-order valence-corrected chi connectivity index (χ4v) is 3.76. The van der Waals surface area contributed by atoms with Crippen LogP contribution in [0.5, 0.6) is 11.5 Å². The zero-order valence-electron chi connectivity index (χ0n) is 17.8. The number of carbonyl (C=O) groups excluding carboxylic acids is 1. The molecule has 0 aliphatic carbocycles. The number of hydrogen-bond donors (Lipinski definition) is 3. The van der Waals surface area contributed by atoms with Gasteiger partial charge in [0.1, 0.15) is 23.4 Å². The molecule has 170 valence electrons. The van der Waals surface area contributed by atoms with Gasteiger partial charge in [-0.1, -0.05) is 30.3 Å². The molecule has 2 atom stereocenters. The van der Waals surface area contributed by atoms with E-state index in [1.54, 1.807) is 24.3 Å². The number of ether oxygens (including phenoxy) is 1. The third kappa shape index (κ3) is 6.08. The molecule has 0 aromatic heterocycles. The van der Waals surface area contributed by atoms with E-state index in [4.69, 9.17) is 4.74 Å². The summed E-state index contributed by atoms with van der Waals surface area (Å²) in [6.07, 6.45) is -0.432. The molecule has 1 fully saturated rings. The van der Waals surface area contributed by atoms with E-state index in [0.29, 0.717) is 30.2 Å². The molecule has 0 radical (unpaired) electrons. The van der Waals surface area contributed by atoms with Gasteiger partial charge in [-0.3, -0.25) is 10.1 Å². The third-order valence-electron chi connectivity index (χ3n) is 5.36. The van der Waals surface area contributed by atoms with Crippen molar-refractivity contribution in [1.82, 2.24) is 10.2 Å². The number of hydrogen-bond acceptors (Lipinski definition) is 4. The highest BCUT2D eigenvalue weighted by Crippen LogP contribution is 2.23. The van der Waals surface area contributed by atoms with Crippen molar-refractivity contribution in [3.05, 3.63) is 90.2 Å². The summed E-state index contributed by atoms with van der Waals surface area (Å²) in [4.78, 5) is 25.8. The number of amides is 2. The zero-order valence-corrected chi connectivity index (χ0v) is 17.8. The molecule has 1 aliphatic rings. The summed E-state index contributed by atoms with van der Waals surface area (Å²) in [6.45, 7) is 0.377. The summed E-state index contributed by atoms with van der Waals surface area (Å²) in [5, 5.41) is 15.6. The van der Waals surface area contributed by atoms with Crippen molar-refractivity contribution in [3.8, 4) is 11.5 Å². The largest absolute Gasteiger partial charge is 0.465 e. The molecule has 3 aromatic rings. The number of halogens is 1. The van der Waals surface area contributed by atoms with Crippen LogP contribution >= 0.6 is 0 Å². The van der Waals surface area contributed by atoms with Crippen LogP contribution in [0.2, 0.25) is 0 Å². The van der Waals surface area contributed by atoms with Crippen molar-refractivity contribution in [3.63, 3.8) is 0 Å². The first-order valence-corrected chi connectivity index (χ1v) is 10.6. The van der Waals surface area contributed by atoms with Crippen molar-refractivity contribution in [2.45, 2.75) is 18.5 Å². The minimum absolute atomic E-state index is 0.0677. The van der Waals surface area contributed by atoms with Crippen LogP contribution in [-0.2, 0) is 11.2 Å². The Hall–Kier alpha value is -3.91. The van der Waals surface area contributed by atoms with Gasteiger partial charge >= 0.3 is 6.09 Å². The molecule has 0 saturated carbocycles. The van der Waals surface area contributed by atoms with E-state index in [0.717, 1.165) is 5.56 Å². The molecule has 7 nitrogen and oxygen atoms in total. The summed E-state index contributed by atoms with van der Waals surface area (Å²) >= 11 is 0. The molecule has 2 unspecified atom stereocenters. The Bertz CT molecular complexity index is 1090. The molecule has 4 rings (SSSR count). The molecule has 1 heterocycles. The van der Waals surface area contributed by atoms with E-state index < -0.39 is 12.1 Å². The number of rotatable bonds is 6. The maximum Gasteiger partial charge on any atom is 0.407 e. The molecule has 33 heavy (non-hydrogen) atoms. The van der Waals surface area contributed by atoms with E-state index in [1.165, 1.54) is 29.2 Å². The average Bonchev–Trinajstić information content (AvgIpc) is 2.82. The van der Waals surface area contributed by atoms with Crippen LogP contribution in [0.4, 0.5) is 14.9 Å². The highest BCUT2D eigenvalue weighted by Gasteiger charge is 2.33. The van der Waals surface area contributed by atoms with Gasteiger partial charge in [-0.15, -0.1) is 0 Å². The Kier molecular flexibility index (Phi) is 6.85. The van der Waals surface area contributed by atoms with E-state index in [9.17, 15) is 19.1 Å². The lowest BCUT2D eigenvalue weighted by molar-refractivity contribution is -0.119. The summed E-state index contributed by atoms with van der Waals surface area (Å²) in [7, 11) is 0. The van der Waals surface area contributed by atoms with Gasteiger partial charge in [-0.25, -0.2) is 9.18 Å².